The quantitative estimate of drug-likeness (QED) is 0.844. The van der Waals surface area contributed by atoms with Crippen molar-refractivity contribution in [2.24, 2.45) is 0 Å². The lowest BCUT2D eigenvalue weighted by Crippen LogP contribution is -2.17. The number of nitrogen functional groups attached to an aromatic ring is 1. The predicted molar refractivity (Wildman–Crippen MR) is 64.4 cm³/mol. The van der Waals surface area contributed by atoms with E-state index in [9.17, 15) is 4.79 Å². The van der Waals surface area contributed by atoms with Crippen molar-refractivity contribution >= 4 is 17.2 Å². The number of rotatable bonds is 3. The van der Waals surface area contributed by atoms with Crippen molar-refractivity contribution in [3.63, 3.8) is 0 Å². The van der Waals surface area contributed by atoms with E-state index in [1.807, 2.05) is 6.92 Å². The molecule has 0 saturated carbocycles. The molecule has 16 heavy (non-hydrogen) atoms. The van der Waals surface area contributed by atoms with E-state index in [1.54, 1.807) is 11.7 Å². The Morgan fingerprint density at radius 1 is 1.56 bits per heavy atom. The standard InChI is InChI=1S/C10H12N4OS/c1-2-3-6-8(11)13-9(14-10(6)15)7-4-12-5-16-7/h4-5H,2-3H2,1H3,(H3,11,13,14,15). The molecule has 5 nitrogen and oxygen atoms in total. The molecule has 6 heteroatoms. The molecule has 0 atom stereocenters. The largest absolute Gasteiger partial charge is 0.383 e. The summed E-state index contributed by atoms with van der Waals surface area (Å²) >= 11 is 1.41. The summed E-state index contributed by atoms with van der Waals surface area (Å²) < 4.78 is 0. The average molecular weight is 236 g/mol. The van der Waals surface area contributed by atoms with E-state index in [4.69, 9.17) is 5.73 Å². The highest BCUT2D eigenvalue weighted by molar-refractivity contribution is 7.13. The summed E-state index contributed by atoms with van der Waals surface area (Å²) in [5.41, 5.74) is 7.86. The van der Waals surface area contributed by atoms with Crippen molar-refractivity contribution in [1.29, 1.82) is 0 Å². The maximum absolute atomic E-state index is 11.8. The molecule has 0 spiro atoms. The molecule has 0 aromatic carbocycles. The molecule has 0 radical (unpaired) electrons. The van der Waals surface area contributed by atoms with Gasteiger partial charge in [-0.2, -0.15) is 0 Å². The summed E-state index contributed by atoms with van der Waals surface area (Å²) in [4.78, 5) is 23.4. The van der Waals surface area contributed by atoms with Gasteiger partial charge >= 0.3 is 0 Å². The first-order valence-electron chi connectivity index (χ1n) is 5.00. The van der Waals surface area contributed by atoms with Gasteiger partial charge in [-0.1, -0.05) is 13.3 Å². The lowest BCUT2D eigenvalue weighted by molar-refractivity contribution is 0.892. The Hall–Kier alpha value is -1.69. The zero-order valence-corrected chi connectivity index (χ0v) is 9.67. The first-order chi connectivity index (χ1) is 7.72. The number of H-pyrrole nitrogens is 1. The number of nitrogens with one attached hydrogen (secondary N) is 1. The molecule has 0 bridgehead atoms. The van der Waals surface area contributed by atoms with Gasteiger partial charge in [0.2, 0.25) is 0 Å². The van der Waals surface area contributed by atoms with Crippen LogP contribution in [0.3, 0.4) is 0 Å². The van der Waals surface area contributed by atoms with E-state index in [0.29, 0.717) is 23.6 Å². The van der Waals surface area contributed by atoms with E-state index in [2.05, 4.69) is 15.0 Å². The number of thiazole rings is 1. The summed E-state index contributed by atoms with van der Waals surface area (Å²) in [6.07, 6.45) is 3.17. The van der Waals surface area contributed by atoms with Gasteiger partial charge in [0.05, 0.1) is 16.0 Å². The first kappa shape index (κ1) is 10.8. The number of nitrogens with zero attached hydrogens (tertiary/aromatic N) is 2. The van der Waals surface area contributed by atoms with Crippen molar-refractivity contribution in [2.45, 2.75) is 19.8 Å². The minimum Gasteiger partial charge on any atom is -0.383 e. The third-order valence-corrected chi connectivity index (χ3v) is 2.99. The number of anilines is 1. The molecule has 0 aliphatic carbocycles. The van der Waals surface area contributed by atoms with Crippen LogP contribution in [0, 0.1) is 0 Å². The number of aromatic nitrogens is 3. The van der Waals surface area contributed by atoms with Crippen LogP contribution in [0.1, 0.15) is 18.9 Å². The average Bonchev–Trinajstić information content (AvgIpc) is 2.76. The number of hydrogen-bond acceptors (Lipinski definition) is 5. The number of aromatic amines is 1. The van der Waals surface area contributed by atoms with E-state index < -0.39 is 0 Å². The molecule has 2 aromatic heterocycles. The molecule has 0 saturated heterocycles. The number of nitrogens with two attached hydrogens (primary N) is 1. The topological polar surface area (TPSA) is 84.7 Å². The zero-order valence-electron chi connectivity index (χ0n) is 8.86. The molecule has 0 aliphatic heterocycles. The Morgan fingerprint density at radius 3 is 2.94 bits per heavy atom. The van der Waals surface area contributed by atoms with Crippen LogP contribution in [0.15, 0.2) is 16.5 Å². The van der Waals surface area contributed by atoms with Gasteiger partial charge in [0.15, 0.2) is 5.82 Å². The van der Waals surface area contributed by atoms with Gasteiger partial charge < -0.3 is 10.7 Å². The van der Waals surface area contributed by atoms with Crippen molar-refractivity contribution < 1.29 is 0 Å². The van der Waals surface area contributed by atoms with E-state index >= 15 is 0 Å². The lowest BCUT2D eigenvalue weighted by atomic mass is 10.2. The minimum atomic E-state index is -0.155. The SMILES string of the molecule is CCCc1c(N)nc(-c2cncs2)[nH]c1=O. The van der Waals surface area contributed by atoms with Gasteiger partial charge in [0, 0.05) is 6.20 Å². The van der Waals surface area contributed by atoms with Crippen molar-refractivity contribution in [2.75, 3.05) is 5.73 Å². The summed E-state index contributed by atoms with van der Waals surface area (Å²) in [6.45, 7) is 2.00. The van der Waals surface area contributed by atoms with Gasteiger partial charge in [-0.3, -0.25) is 9.78 Å². The minimum absolute atomic E-state index is 0.155. The Morgan fingerprint density at radius 2 is 2.38 bits per heavy atom. The van der Waals surface area contributed by atoms with Crippen LogP contribution in [-0.2, 0) is 6.42 Å². The van der Waals surface area contributed by atoms with Gasteiger partial charge in [-0.05, 0) is 6.42 Å². The van der Waals surface area contributed by atoms with Crippen LogP contribution in [0.4, 0.5) is 5.82 Å². The van der Waals surface area contributed by atoms with Gasteiger partial charge in [0.1, 0.15) is 5.82 Å². The molecule has 2 rings (SSSR count). The first-order valence-corrected chi connectivity index (χ1v) is 5.88. The van der Waals surface area contributed by atoms with Crippen molar-refractivity contribution in [1.82, 2.24) is 15.0 Å². The second kappa shape index (κ2) is 4.44. The normalized spacial score (nSPS) is 10.6. The van der Waals surface area contributed by atoms with Crippen LogP contribution >= 0.6 is 11.3 Å². The summed E-state index contributed by atoms with van der Waals surface area (Å²) in [5, 5.41) is 0. The molecule has 0 amide bonds. The molecule has 0 unspecified atom stereocenters. The maximum atomic E-state index is 11.8. The van der Waals surface area contributed by atoms with E-state index in [-0.39, 0.29) is 5.56 Å². The monoisotopic (exact) mass is 236 g/mol. The Labute approximate surface area is 96.4 Å². The van der Waals surface area contributed by atoms with Crippen LogP contribution in [0.5, 0.6) is 0 Å². The molecule has 84 valence electrons. The van der Waals surface area contributed by atoms with E-state index in [1.165, 1.54) is 11.3 Å². The Bertz CT molecular complexity index is 532. The molecular weight excluding hydrogens is 224 g/mol. The van der Waals surface area contributed by atoms with Gasteiger partial charge in [0.25, 0.3) is 5.56 Å². The molecule has 2 heterocycles. The molecule has 2 aromatic rings. The highest BCUT2D eigenvalue weighted by Gasteiger charge is 2.10. The predicted octanol–water partition coefficient (Wildman–Crippen LogP) is 1.43. The van der Waals surface area contributed by atoms with Crippen molar-refractivity contribution in [3.8, 4) is 10.7 Å². The fraction of sp³-hybridized carbons (Fsp3) is 0.300. The molecule has 0 aliphatic rings. The maximum Gasteiger partial charge on any atom is 0.256 e. The fourth-order valence-corrected chi connectivity index (χ4v) is 2.02. The van der Waals surface area contributed by atoms with Crippen molar-refractivity contribution in [3.05, 3.63) is 27.6 Å². The summed E-state index contributed by atoms with van der Waals surface area (Å²) in [6, 6.07) is 0. The highest BCUT2D eigenvalue weighted by atomic mass is 32.1. The third kappa shape index (κ3) is 1.96. The van der Waals surface area contributed by atoms with E-state index in [0.717, 1.165) is 11.3 Å². The van der Waals surface area contributed by atoms with Crippen LogP contribution < -0.4 is 11.3 Å². The molecule has 3 N–H and O–H groups in total. The smallest absolute Gasteiger partial charge is 0.256 e. The molecular formula is C10H12N4OS. The highest BCUT2D eigenvalue weighted by Crippen LogP contribution is 2.19. The van der Waals surface area contributed by atoms with Crippen LogP contribution in [0.25, 0.3) is 10.7 Å². The van der Waals surface area contributed by atoms with Gasteiger partial charge in [-0.25, -0.2) is 4.98 Å². The fourth-order valence-electron chi connectivity index (χ4n) is 1.46. The third-order valence-electron chi connectivity index (χ3n) is 2.21. The second-order valence-electron chi connectivity index (χ2n) is 3.39. The van der Waals surface area contributed by atoms with Crippen LogP contribution in [-0.4, -0.2) is 15.0 Å². The van der Waals surface area contributed by atoms with Gasteiger partial charge in [-0.15, -0.1) is 11.3 Å². The number of hydrogen-bond donors (Lipinski definition) is 2. The zero-order chi connectivity index (χ0) is 11.5. The lowest BCUT2D eigenvalue weighted by Gasteiger charge is -2.04. The Balaban J connectivity index is 2.49. The summed E-state index contributed by atoms with van der Waals surface area (Å²) in [7, 11) is 0. The summed E-state index contributed by atoms with van der Waals surface area (Å²) in [5.74, 6) is 0.804. The second-order valence-corrected chi connectivity index (χ2v) is 4.28. The van der Waals surface area contributed by atoms with Crippen LogP contribution in [0.2, 0.25) is 0 Å². The molecule has 0 fully saturated rings. The Kier molecular flexibility index (Phi) is 3.00.